The van der Waals surface area contributed by atoms with Crippen LogP contribution in [0.3, 0.4) is 0 Å². The highest BCUT2D eigenvalue weighted by Crippen LogP contribution is 2.21. The third-order valence-electron chi connectivity index (χ3n) is 4.03. The van der Waals surface area contributed by atoms with Crippen molar-refractivity contribution in [3.63, 3.8) is 0 Å². The number of amides is 1. The van der Waals surface area contributed by atoms with Gasteiger partial charge in [-0.25, -0.2) is 8.78 Å². The predicted molar refractivity (Wildman–Crippen MR) is 80.3 cm³/mol. The molecule has 1 saturated heterocycles. The third kappa shape index (κ3) is 4.38. The predicted octanol–water partition coefficient (Wildman–Crippen LogP) is 2.51. The molecule has 1 aliphatic rings. The maximum atomic E-state index is 13.5. The Morgan fingerprint density at radius 3 is 2.33 bits per heavy atom. The van der Waals surface area contributed by atoms with Gasteiger partial charge in [0.2, 0.25) is 5.91 Å². The van der Waals surface area contributed by atoms with Crippen molar-refractivity contribution in [2.24, 2.45) is 11.7 Å². The molecular weight excluding hydrogens is 298 g/mol. The Balaban J connectivity index is 0.00000220. The zero-order chi connectivity index (χ0) is 14.7. The summed E-state index contributed by atoms with van der Waals surface area (Å²) in [5.74, 6) is -1.13. The summed E-state index contributed by atoms with van der Waals surface area (Å²) >= 11 is 0. The molecule has 6 heteroatoms. The number of nitrogens with zero attached hydrogens (tertiary/aromatic N) is 1. The van der Waals surface area contributed by atoms with E-state index in [1.54, 1.807) is 4.90 Å². The monoisotopic (exact) mass is 318 g/mol. The van der Waals surface area contributed by atoms with Gasteiger partial charge in [0, 0.05) is 24.7 Å². The Morgan fingerprint density at radius 1 is 1.33 bits per heavy atom. The zero-order valence-electron chi connectivity index (χ0n) is 12.0. The summed E-state index contributed by atoms with van der Waals surface area (Å²) < 4.78 is 27.0. The van der Waals surface area contributed by atoms with Crippen molar-refractivity contribution in [1.29, 1.82) is 0 Å². The average Bonchev–Trinajstić information content (AvgIpc) is 2.43. The van der Waals surface area contributed by atoms with Crippen molar-refractivity contribution in [3.8, 4) is 0 Å². The number of hydrogen-bond acceptors (Lipinski definition) is 2. The number of carbonyl (C=O) groups is 1. The van der Waals surface area contributed by atoms with Gasteiger partial charge < -0.3 is 10.6 Å². The van der Waals surface area contributed by atoms with Gasteiger partial charge in [-0.3, -0.25) is 4.79 Å². The van der Waals surface area contributed by atoms with E-state index in [0.717, 1.165) is 12.8 Å². The lowest BCUT2D eigenvalue weighted by Crippen LogP contribution is -2.43. The second kappa shape index (κ2) is 7.71. The van der Waals surface area contributed by atoms with E-state index in [1.165, 1.54) is 18.2 Å². The van der Waals surface area contributed by atoms with E-state index in [0.29, 0.717) is 19.0 Å². The molecule has 0 radical (unpaired) electrons. The number of piperidine rings is 1. The summed E-state index contributed by atoms with van der Waals surface area (Å²) in [6.45, 7) is 3.19. The van der Waals surface area contributed by atoms with E-state index in [1.807, 2.05) is 6.92 Å². The second-order valence-corrected chi connectivity index (χ2v) is 5.45. The molecule has 2 N–H and O–H groups in total. The summed E-state index contributed by atoms with van der Waals surface area (Å²) in [6, 6.07) is 3.77. The lowest BCUT2D eigenvalue weighted by Gasteiger charge is -2.33. The van der Waals surface area contributed by atoms with Crippen LogP contribution in [0.2, 0.25) is 0 Å². The molecule has 0 aliphatic carbocycles. The van der Waals surface area contributed by atoms with Gasteiger partial charge in [0.1, 0.15) is 11.6 Å². The van der Waals surface area contributed by atoms with E-state index < -0.39 is 11.6 Å². The summed E-state index contributed by atoms with van der Waals surface area (Å²) in [5.41, 5.74) is 5.70. The van der Waals surface area contributed by atoms with Crippen LogP contribution < -0.4 is 5.73 Å². The van der Waals surface area contributed by atoms with E-state index in [2.05, 4.69) is 0 Å². The van der Waals surface area contributed by atoms with E-state index in [4.69, 9.17) is 5.73 Å². The van der Waals surface area contributed by atoms with Gasteiger partial charge in [0.25, 0.3) is 0 Å². The maximum absolute atomic E-state index is 13.5. The van der Waals surface area contributed by atoms with Crippen LogP contribution in [0.5, 0.6) is 0 Å². The topological polar surface area (TPSA) is 46.3 Å². The first-order valence-electron chi connectivity index (χ1n) is 6.95. The number of carbonyl (C=O) groups excluding carboxylic acids is 1. The van der Waals surface area contributed by atoms with Crippen molar-refractivity contribution in [3.05, 3.63) is 35.4 Å². The Bertz CT molecular complexity index is 468. The Kier molecular flexibility index (Phi) is 6.55. The van der Waals surface area contributed by atoms with Crippen LogP contribution in [-0.4, -0.2) is 29.9 Å². The minimum atomic E-state index is -0.663. The molecular formula is C15H21ClF2N2O. The molecule has 1 aromatic rings. The molecule has 1 aliphatic heterocycles. The standard InChI is InChI=1S/C15H20F2N2O.ClH/c1-10(18)11-5-7-19(8-6-11)15(20)9-12-13(16)3-2-4-14(12)17;/h2-4,10-11H,5-9,18H2,1H3;1H. The number of hydrogen-bond donors (Lipinski definition) is 1. The number of halogens is 3. The first-order valence-corrected chi connectivity index (χ1v) is 6.95. The molecule has 0 aromatic heterocycles. The van der Waals surface area contributed by atoms with Gasteiger partial charge in [-0.15, -0.1) is 12.4 Å². The van der Waals surface area contributed by atoms with Gasteiger partial charge in [0.15, 0.2) is 0 Å². The van der Waals surface area contributed by atoms with Gasteiger partial charge >= 0.3 is 0 Å². The van der Waals surface area contributed by atoms with Gasteiger partial charge in [-0.05, 0) is 37.8 Å². The van der Waals surface area contributed by atoms with Gasteiger partial charge in [0.05, 0.1) is 6.42 Å². The molecule has 118 valence electrons. The fraction of sp³-hybridized carbons (Fsp3) is 0.533. The fourth-order valence-electron chi connectivity index (χ4n) is 2.64. The molecule has 1 fully saturated rings. The highest BCUT2D eigenvalue weighted by molar-refractivity contribution is 5.85. The largest absolute Gasteiger partial charge is 0.342 e. The number of likely N-dealkylation sites (tertiary alicyclic amines) is 1. The van der Waals surface area contributed by atoms with Crippen molar-refractivity contribution in [2.45, 2.75) is 32.2 Å². The van der Waals surface area contributed by atoms with Crippen molar-refractivity contribution < 1.29 is 13.6 Å². The van der Waals surface area contributed by atoms with Crippen molar-refractivity contribution in [2.75, 3.05) is 13.1 Å². The van der Waals surface area contributed by atoms with Crippen LogP contribution in [0.15, 0.2) is 18.2 Å². The van der Waals surface area contributed by atoms with Crippen LogP contribution in [0.4, 0.5) is 8.78 Å². The van der Waals surface area contributed by atoms with Crippen LogP contribution in [0, 0.1) is 17.6 Å². The van der Waals surface area contributed by atoms with Crippen LogP contribution >= 0.6 is 12.4 Å². The lowest BCUT2D eigenvalue weighted by atomic mass is 9.90. The molecule has 1 aromatic carbocycles. The summed E-state index contributed by atoms with van der Waals surface area (Å²) in [4.78, 5) is 13.8. The highest BCUT2D eigenvalue weighted by Gasteiger charge is 2.25. The molecule has 0 bridgehead atoms. The zero-order valence-corrected chi connectivity index (χ0v) is 12.8. The normalized spacial score (nSPS) is 17.2. The number of nitrogens with two attached hydrogens (primary N) is 1. The van der Waals surface area contributed by atoms with E-state index in [9.17, 15) is 13.6 Å². The fourth-order valence-corrected chi connectivity index (χ4v) is 2.64. The summed E-state index contributed by atoms with van der Waals surface area (Å²) in [5, 5.41) is 0. The van der Waals surface area contributed by atoms with E-state index >= 15 is 0 Å². The van der Waals surface area contributed by atoms with Crippen LogP contribution in [0.25, 0.3) is 0 Å². The Morgan fingerprint density at radius 2 is 1.86 bits per heavy atom. The highest BCUT2D eigenvalue weighted by atomic mass is 35.5. The Labute approximate surface area is 129 Å². The molecule has 21 heavy (non-hydrogen) atoms. The second-order valence-electron chi connectivity index (χ2n) is 5.45. The molecule has 0 saturated carbocycles. The van der Waals surface area contributed by atoms with Crippen molar-refractivity contribution in [1.82, 2.24) is 4.90 Å². The first-order chi connectivity index (χ1) is 9.49. The minimum absolute atomic E-state index is 0. The molecule has 3 nitrogen and oxygen atoms in total. The SMILES string of the molecule is CC(N)C1CCN(C(=O)Cc2c(F)cccc2F)CC1.Cl. The van der Waals surface area contributed by atoms with E-state index in [-0.39, 0.29) is 36.3 Å². The van der Waals surface area contributed by atoms with Crippen LogP contribution in [0.1, 0.15) is 25.3 Å². The molecule has 2 rings (SSSR count). The molecule has 1 unspecified atom stereocenters. The van der Waals surface area contributed by atoms with Gasteiger partial charge in [-0.2, -0.15) is 0 Å². The lowest BCUT2D eigenvalue weighted by molar-refractivity contribution is -0.132. The average molecular weight is 319 g/mol. The molecule has 1 heterocycles. The maximum Gasteiger partial charge on any atom is 0.227 e. The molecule has 0 spiro atoms. The minimum Gasteiger partial charge on any atom is -0.342 e. The van der Waals surface area contributed by atoms with Gasteiger partial charge in [-0.1, -0.05) is 6.07 Å². The summed E-state index contributed by atoms with van der Waals surface area (Å²) in [6.07, 6.45) is 1.48. The summed E-state index contributed by atoms with van der Waals surface area (Å²) in [7, 11) is 0. The molecule has 1 atom stereocenters. The smallest absolute Gasteiger partial charge is 0.227 e. The quantitative estimate of drug-likeness (QED) is 0.931. The van der Waals surface area contributed by atoms with Crippen molar-refractivity contribution >= 4 is 18.3 Å². The first kappa shape index (κ1) is 17.9. The van der Waals surface area contributed by atoms with Crippen LogP contribution in [-0.2, 0) is 11.2 Å². The Hall–Kier alpha value is -1.20. The number of benzene rings is 1. The number of rotatable bonds is 3. The third-order valence-corrected chi connectivity index (χ3v) is 4.03. The molecule has 1 amide bonds.